The summed E-state index contributed by atoms with van der Waals surface area (Å²) >= 11 is 15.5. The predicted octanol–water partition coefficient (Wildman–Crippen LogP) is 4.29. The molecule has 1 aromatic carbocycles. The highest BCUT2D eigenvalue weighted by Crippen LogP contribution is 2.36. The van der Waals surface area contributed by atoms with Gasteiger partial charge in [-0.1, -0.05) is 23.2 Å². The Hall–Kier alpha value is -1.28. The Morgan fingerprint density at radius 1 is 1.21 bits per heavy atom. The highest BCUT2D eigenvalue weighted by atomic mass is 79.9. The molecule has 0 saturated heterocycles. The molecule has 0 aliphatic carbocycles. The van der Waals surface area contributed by atoms with Gasteiger partial charge in [-0.2, -0.15) is 5.26 Å². The zero-order valence-electron chi connectivity index (χ0n) is 9.72. The molecule has 1 aromatic heterocycles. The second-order valence-corrected chi connectivity index (χ2v) is 5.60. The molecular weight excluding hydrogens is 351 g/mol. The summed E-state index contributed by atoms with van der Waals surface area (Å²) in [4.78, 5) is 14.3. The minimum Gasteiger partial charge on any atom is -0.325 e. The van der Waals surface area contributed by atoms with Gasteiger partial charge in [-0.25, -0.2) is 0 Å². The number of aromatic nitrogens is 1. The molecule has 2 rings (SSSR count). The quantitative estimate of drug-likeness (QED) is 0.774. The summed E-state index contributed by atoms with van der Waals surface area (Å²) in [6.07, 6.45) is 0. The minimum absolute atomic E-state index is 0.0193. The van der Waals surface area contributed by atoms with Crippen LogP contribution in [-0.4, -0.2) is 4.98 Å². The molecule has 1 N–H and O–H groups in total. The van der Waals surface area contributed by atoms with Crippen LogP contribution in [0.25, 0.3) is 11.1 Å². The van der Waals surface area contributed by atoms with E-state index in [-0.39, 0.29) is 5.56 Å². The maximum absolute atomic E-state index is 11.8. The lowest BCUT2D eigenvalue weighted by atomic mass is 10.0. The maximum atomic E-state index is 11.8. The number of rotatable bonds is 1. The van der Waals surface area contributed by atoms with Crippen LogP contribution in [0.3, 0.4) is 0 Å². The average Bonchev–Trinajstić information content (AvgIpc) is 2.33. The second-order valence-electron chi connectivity index (χ2n) is 3.93. The van der Waals surface area contributed by atoms with Crippen LogP contribution in [0.2, 0.25) is 10.0 Å². The highest BCUT2D eigenvalue weighted by Gasteiger charge is 2.14. The van der Waals surface area contributed by atoms with Crippen molar-refractivity contribution in [2.45, 2.75) is 6.92 Å². The Bertz CT molecular complexity index is 762. The molecule has 2 aromatic rings. The van der Waals surface area contributed by atoms with Crippen LogP contribution >= 0.6 is 39.1 Å². The largest absolute Gasteiger partial charge is 0.325 e. The summed E-state index contributed by atoms with van der Waals surface area (Å²) in [5, 5.41) is 9.99. The second kappa shape index (κ2) is 5.38. The van der Waals surface area contributed by atoms with Crippen molar-refractivity contribution >= 4 is 39.1 Å². The number of nitriles is 1. The van der Waals surface area contributed by atoms with E-state index in [2.05, 4.69) is 20.9 Å². The third-order valence-corrected chi connectivity index (χ3v) is 4.09. The first-order valence-electron chi connectivity index (χ1n) is 5.23. The molecule has 0 bridgehead atoms. The number of H-pyrrole nitrogens is 1. The van der Waals surface area contributed by atoms with Gasteiger partial charge < -0.3 is 4.98 Å². The molecule has 0 atom stereocenters. The van der Waals surface area contributed by atoms with Crippen molar-refractivity contribution in [3.05, 3.63) is 54.3 Å². The van der Waals surface area contributed by atoms with E-state index >= 15 is 0 Å². The van der Waals surface area contributed by atoms with Gasteiger partial charge in [0.1, 0.15) is 11.6 Å². The molecule has 0 aliphatic rings. The average molecular weight is 358 g/mol. The number of hydrogen-bond acceptors (Lipinski definition) is 2. The van der Waals surface area contributed by atoms with Crippen LogP contribution in [0.15, 0.2) is 27.5 Å². The number of hydrogen-bond donors (Lipinski definition) is 1. The van der Waals surface area contributed by atoms with Crippen LogP contribution in [0.5, 0.6) is 0 Å². The summed E-state index contributed by atoms with van der Waals surface area (Å²) in [5.74, 6) is 0. The Morgan fingerprint density at radius 2 is 1.89 bits per heavy atom. The third kappa shape index (κ3) is 2.69. The van der Waals surface area contributed by atoms with Gasteiger partial charge in [0.05, 0.1) is 5.02 Å². The van der Waals surface area contributed by atoms with Gasteiger partial charge in [-0.05, 0) is 41.1 Å². The van der Waals surface area contributed by atoms with Crippen molar-refractivity contribution in [2.75, 3.05) is 0 Å². The zero-order valence-corrected chi connectivity index (χ0v) is 12.8. The molecule has 0 unspecified atom stereocenters. The van der Waals surface area contributed by atoms with E-state index in [9.17, 15) is 4.79 Å². The van der Waals surface area contributed by atoms with Crippen LogP contribution < -0.4 is 5.56 Å². The molecule has 0 radical (unpaired) electrons. The minimum atomic E-state index is -0.437. The number of pyridine rings is 1. The van der Waals surface area contributed by atoms with Crippen molar-refractivity contribution in [1.82, 2.24) is 4.98 Å². The zero-order chi connectivity index (χ0) is 14.2. The van der Waals surface area contributed by atoms with Crippen molar-refractivity contribution < 1.29 is 0 Å². The summed E-state index contributed by atoms with van der Waals surface area (Å²) < 4.78 is 0.656. The molecule has 3 nitrogen and oxygen atoms in total. The third-order valence-electron chi connectivity index (χ3n) is 2.58. The number of nitrogens with zero attached hydrogens (tertiary/aromatic N) is 1. The van der Waals surface area contributed by atoms with E-state index in [0.717, 1.165) is 0 Å². The number of halogens is 3. The van der Waals surface area contributed by atoms with Crippen molar-refractivity contribution in [1.29, 1.82) is 5.26 Å². The molecule has 0 spiro atoms. The summed E-state index contributed by atoms with van der Waals surface area (Å²) in [5.41, 5.74) is 1.26. The SMILES string of the molecule is Cc1cc(-c2cc(Cl)c(Br)cc2Cl)c(C#N)c(=O)[nH]1. The van der Waals surface area contributed by atoms with Gasteiger partial charge in [0, 0.05) is 26.3 Å². The summed E-state index contributed by atoms with van der Waals surface area (Å²) in [7, 11) is 0. The Morgan fingerprint density at radius 3 is 2.53 bits per heavy atom. The molecule has 0 saturated carbocycles. The molecule has 19 heavy (non-hydrogen) atoms. The van der Waals surface area contributed by atoms with E-state index in [4.69, 9.17) is 28.5 Å². The van der Waals surface area contributed by atoms with Crippen LogP contribution in [0, 0.1) is 18.3 Å². The van der Waals surface area contributed by atoms with Crippen LogP contribution in [0.1, 0.15) is 11.3 Å². The van der Waals surface area contributed by atoms with Crippen molar-refractivity contribution in [3.8, 4) is 17.2 Å². The fourth-order valence-corrected chi connectivity index (χ4v) is 2.65. The van der Waals surface area contributed by atoms with Gasteiger partial charge in [0.15, 0.2) is 0 Å². The van der Waals surface area contributed by atoms with E-state index in [1.54, 1.807) is 25.1 Å². The number of benzene rings is 1. The maximum Gasteiger partial charge on any atom is 0.266 e. The highest BCUT2D eigenvalue weighted by molar-refractivity contribution is 9.10. The molecule has 96 valence electrons. The normalized spacial score (nSPS) is 10.3. The lowest BCUT2D eigenvalue weighted by Gasteiger charge is -2.09. The summed E-state index contributed by atoms with van der Waals surface area (Å²) in [6, 6.07) is 6.86. The lowest BCUT2D eigenvalue weighted by molar-refractivity contribution is 1.13. The van der Waals surface area contributed by atoms with Gasteiger partial charge in [0.25, 0.3) is 5.56 Å². The monoisotopic (exact) mass is 356 g/mol. The van der Waals surface area contributed by atoms with Gasteiger partial charge >= 0.3 is 0 Å². The standard InChI is InChI=1S/C13H7BrCl2N2O/c1-6-2-7(9(5-17)13(19)18-6)8-3-12(16)10(14)4-11(8)15/h2-4H,1H3,(H,18,19). The molecule has 6 heteroatoms. The summed E-state index contributed by atoms with van der Waals surface area (Å²) in [6.45, 7) is 1.74. The fraction of sp³-hybridized carbons (Fsp3) is 0.0769. The fourth-order valence-electron chi connectivity index (χ4n) is 1.74. The van der Waals surface area contributed by atoms with E-state index in [0.29, 0.717) is 31.3 Å². The van der Waals surface area contributed by atoms with Gasteiger partial charge in [0.2, 0.25) is 0 Å². The first kappa shape index (κ1) is 14.1. The van der Waals surface area contributed by atoms with Crippen LogP contribution in [-0.2, 0) is 0 Å². The first-order valence-corrected chi connectivity index (χ1v) is 6.78. The Labute approximate surface area is 127 Å². The Balaban J connectivity index is 2.83. The smallest absolute Gasteiger partial charge is 0.266 e. The number of aromatic amines is 1. The predicted molar refractivity (Wildman–Crippen MR) is 79.7 cm³/mol. The van der Waals surface area contributed by atoms with E-state index in [1.165, 1.54) is 0 Å². The first-order chi connectivity index (χ1) is 8.93. The van der Waals surface area contributed by atoms with Crippen molar-refractivity contribution in [3.63, 3.8) is 0 Å². The molecule has 1 heterocycles. The van der Waals surface area contributed by atoms with E-state index < -0.39 is 5.56 Å². The molecule has 0 fully saturated rings. The van der Waals surface area contributed by atoms with Crippen molar-refractivity contribution in [2.24, 2.45) is 0 Å². The lowest BCUT2D eigenvalue weighted by Crippen LogP contribution is -2.12. The molecular formula is C13H7BrCl2N2O. The van der Waals surface area contributed by atoms with Gasteiger partial charge in [-0.3, -0.25) is 4.79 Å². The Kier molecular flexibility index (Phi) is 4.00. The molecule has 0 aliphatic heterocycles. The van der Waals surface area contributed by atoms with Crippen LogP contribution in [0.4, 0.5) is 0 Å². The topological polar surface area (TPSA) is 56.6 Å². The molecule has 0 amide bonds. The number of aryl methyl sites for hydroxylation is 1. The number of nitrogens with one attached hydrogen (secondary N) is 1. The van der Waals surface area contributed by atoms with Gasteiger partial charge in [-0.15, -0.1) is 0 Å². The van der Waals surface area contributed by atoms with E-state index in [1.807, 2.05) is 6.07 Å².